The first-order valence-corrected chi connectivity index (χ1v) is 13.2. The monoisotopic (exact) mass is 485 g/mol. The first-order chi connectivity index (χ1) is 15.2. The molecule has 2 heterocycles. The molecule has 0 unspecified atom stereocenters. The Balaban J connectivity index is 1.76. The van der Waals surface area contributed by atoms with E-state index in [1.807, 2.05) is 6.92 Å². The highest BCUT2D eigenvalue weighted by Crippen LogP contribution is 2.19. The van der Waals surface area contributed by atoms with Gasteiger partial charge in [-0.25, -0.2) is 12.8 Å². The molecule has 2 aromatic rings. The summed E-state index contributed by atoms with van der Waals surface area (Å²) in [7, 11) is -3.96. The highest BCUT2D eigenvalue weighted by atomic mass is 32.2. The molecule has 1 fully saturated rings. The number of fused-ring (bicyclic) bond motifs is 1. The Hall–Kier alpha value is -2.11. The molecule has 3 rings (SSSR count). The van der Waals surface area contributed by atoms with Gasteiger partial charge in [-0.2, -0.15) is 4.99 Å². The van der Waals surface area contributed by atoms with Gasteiger partial charge in [0, 0.05) is 26.2 Å². The Bertz CT molecular complexity index is 1150. The minimum absolute atomic E-state index is 0.266. The van der Waals surface area contributed by atoms with Gasteiger partial charge in [-0.1, -0.05) is 18.3 Å². The van der Waals surface area contributed by atoms with Crippen LogP contribution in [-0.2, 0) is 30.7 Å². The summed E-state index contributed by atoms with van der Waals surface area (Å²) >= 11 is 1.10. The van der Waals surface area contributed by atoms with Crippen LogP contribution in [0.4, 0.5) is 4.39 Å². The fraction of sp³-hybridized carbons (Fsp3) is 0.571. The van der Waals surface area contributed by atoms with E-state index in [9.17, 15) is 22.4 Å². The second kappa shape index (κ2) is 10.7. The van der Waals surface area contributed by atoms with Gasteiger partial charge in [0.25, 0.3) is 5.91 Å². The van der Waals surface area contributed by atoms with Gasteiger partial charge < -0.3 is 14.2 Å². The Morgan fingerprint density at radius 1 is 1.25 bits per heavy atom. The maximum Gasteiger partial charge on any atom is 0.263 e. The van der Waals surface area contributed by atoms with Crippen molar-refractivity contribution in [1.29, 1.82) is 0 Å². The number of likely N-dealkylation sites (tertiary alicyclic amines) is 1. The largest absolute Gasteiger partial charge is 0.380 e. The van der Waals surface area contributed by atoms with Crippen LogP contribution in [0.15, 0.2) is 23.2 Å². The van der Waals surface area contributed by atoms with Gasteiger partial charge in [0.2, 0.25) is 5.91 Å². The van der Waals surface area contributed by atoms with Crippen LogP contribution in [-0.4, -0.2) is 67.5 Å². The highest BCUT2D eigenvalue weighted by molar-refractivity contribution is 7.92. The molecule has 0 spiro atoms. The molecule has 0 atom stereocenters. The molecule has 2 amide bonds. The predicted molar refractivity (Wildman–Crippen MR) is 120 cm³/mol. The first kappa shape index (κ1) is 24.5. The van der Waals surface area contributed by atoms with Crippen LogP contribution in [0.3, 0.4) is 0 Å². The van der Waals surface area contributed by atoms with Crippen LogP contribution in [0, 0.1) is 11.7 Å². The minimum Gasteiger partial charge on any atom is -0.380 e. The van der Waals surface area contributed by atoms with E-state index in [0.29, 0.717) is 49.0 Å². The van der Waals surface area contributed by atoms with E-state index in [1.165, 1.54) is 12.1 Å². The SMILES string of the molecule is CCOCCn1c(=NC(=O)CS(=O)(=O)CC(=O)N2CCC(C)CC2)sc2cc(F)ccc21. The van der Waals surface area contributed by atoms with Gasteiger partial charge in [-0.05, 0) is 43.9 Å². The maximum absolute atomic E-state index is 13.6. The first-order valence-electron chi connectivity index (χ1n) is 10.6. The number of thiazole rings is 1. The molecular weight excluding hydrogens is 457 g/mol. The van der Waals surface area contributed by atoms with Crippen LogP contribution in [0.1, 0.15) is 26.7 Å². The molecule has 1 saturated heterocycles. The third-order valence-electron chi connectivity index (χ3n) is 5.35. The van der Waals surface area contributed by atoms with Crippen molar-refractivity contribution in [2.75, 3.05) is 37.8 Å². The lowest BCUT2D eigenvalue weighted by atomic mass is 9.99. The van der Waals surface area contributed by atoms with E-state index in [-0.39, 0.29) is 4.80 Å². The van der Waals surface area contributed by atoms with Crippen LogP contribution in [0.5, 0.6) is 0 Å². The molecule has 0 aliphatic carbocycles. The number of nitrogens with zero attached hydrogens (tertiary/aromatic N) is 3. The lowest BCUT2D eigenvalue weighted by molar-refractivity contribution is -0.129. The van der Waals surface area contributed by atoms with E-state index >= 15 is 0 Å². The number of hydrogen-bond donors (Lipinski definition) is 0. The highest BCUT2D eigenvalue weighted by Gasteiger charge is 2.26. The Morgan fingerprint density at radius 3 is 2.66 bits per heavy atom. The molecule has 0 bridgehead atoms. The summed E-state index contributed by atoms with van der Waals surface area (Å²) in [6, 6.07) is 4.25. The second-order valence-corrected chi connectivity index (χ2v) is 11.0. The molecule has 0 N–H and O–H groups in total. The number of sulfone groups is 1. The van der Waals surface area contributed by atoms with Crippen molar-refractivity contribution in [3.8, 4) is 0 Å². The minimum atomic E-state index is -3.96. The lowest BCUT2D eigenvalue weighted by Gasteiger charge is -2.30. The molecule has 1 aromatic heterocycles. The van der Waals surface area contributed by atoms with Crippen molar-refractivity contribution >= 4 is 43.2 Å². The summed E-state index contributed by atoms with van der Waals surface area (Å²) in [5, 5.41) is 0. The smallest absolute Gasteiger partial charge is 0.263 e. The Kier molecular flexibility index (Phi) is 8.18. The summed E-state index contributed by atoms with van der Waals surface area (Å²) in [6.45, 7) is 6.29. The summed E-state index contributed by atoms with van der Waals surface area (Å²) in [6.07, 6.45) is 1.68. The molecule has 0 radical (unpaired) electrons. The Labute approximate surface area is 190 Å². The van der Waals surface area contributed by atoms with Crippen LogP contribution >= 0.6 is 11.3 Å². The van der Waals surface area contributed by atoms with Gasteiger partial charge in [-0.3, -0.25) is 9.59 Å². The summed E-state index contributed by atoms with van der Waals surface area (Å²) < 4.78 is 46.2. The zero-order valence-corrected chi connectivity index (χ0v) is 19.9. The number of ether oxygens (including phenoxy) is 1. The second-order valence-electron chi connectivity index (χ2n) is 7.95. The topological polar surface area (TPSA) is 98.0 Å². The summed E-state index contributed by atoms with van der Waals surface area (Å²) in [5.74, 6) is -2.79. The lowest BCUT2D eigenvalue weighted by Crippen LogP contribution is -2.41. The molecule has 1 aliphatic rings. The van der Waals surface area contributed by atoms with E-state index in [4.69, 9.17) is 4.74 Å². The number of benzene rings is 1. The molecule has 0 saturated carbocycles. The third-order valence-corrected chi connectivity index (χ3v) is 7.77. The standard InChI is InChI=1S/C21H28FN3O5S2/c1-3-30-11-10-25-17-5-4-16(22)12-18(17)31-21(25)23-19(26)13-32(28,29)14-20(27)24-8-6-15(2)7-9-24/h4-5,12,15H,3,6-11,13-14H2,1-2H3. The Morgan fingerprint density at radius 2 is 1.97 bits per heavy atom. The van der Waals surface area contributed by atoms with Crippen molar-refractivity contribution in [2.45, 2.75) is 33.2 Å². The van der Waals surface area contributed by atoms with Crippen molar-refractivity contribution in [1.82, 2.24) is 9.47 Å². The van der Waals surface area contributed by atoms with Crippen molar-refractivity contribution < 1.29 is 27.1 Å². The number of carbonyl (C=O) groups is 2. The van der Waals surface area contributed by atoms with Crippen LogP contribution in [0.2, 0.25) is 0 Å². The number of amides is 2. The molecule has 1 aromatic carbocycles. The number of piperidine rings is 1. The van der Waals surface area contributed by atoms with E-state index in [2.05, 4.69) is 11.9 Å². The van der Waals surface area contributed by atoms with Gasteiger partial charge in [0.1, 0.15) is 17.3 Å². The third kappa shape index (κ3) is 6.46. The number of hydrogen-bond acceptors (Lipinski definition) is 6. The van der Waals surface area contributed by atoms with E-state index in [0.717, 1.165) is 24.2 Å². The van der Waals surface area contributed by atoms with E-state index < -0.39 is 39.0 Å². The van der Waals surface area contributed by atoms with Gasteiger partial charge in [0.05, 0.1) is 16.8 Å². The predicted octanol–water partition coefficient (Wildman–Crippen LogP) is 1.98. The van der Waals surface area contributed by atoms with Crippen LogP contribution in [0.25, 0.3) is 10.2 Å². The van der Waals surface area contributed by atoms with Crippen molar-refractivity contribution in [3.63, 3.8) is 0 Å². The van der Waals surface area contributed by atoms with Crippen molar-refractivity contribution in [3.05, 3.63) is 28.8 Å². The van der Waals surface area contributed by atoms with Crippen LogP contribution < -0.4 is 4.80 Å². The van der Waals surface area contributed by atoms with Gasteiger partial charge >= 0.3 is 0 Å². The molecule has 176 valence electrons. The fourth-order valence-electron chi connectivity index (χ4n) is 3.56. The zero-order chi connectivity index (χ0) is 23.3. The number of aromatic nitrogens is 1. The summed E-state index contributed by atoms with van der Waals surface area (Å²) in [4.78, 5) is 30.6. The number of halogens is 1. The number of rotatable bonds is 8. The molecule has 8 nitrogen and oxygen atoms in total. The molecule has 11 heteroatoms. The average Bonchev–Trinajstić information content (AvgIpc) is 3.03. The summed E-state index contributed by atoms with van der Waals surface area (Å²) in [5.41, 5.74) is 0.681. The molecule has 32 heavy (non-hydrogen) atoms. The van der Waals surface area contributed by atoms with Gasteiger partial charge in [0.15, 0.2) is 14.6 Å². The maximum atomic E-state index is 13.6. The normalized spacial score (nSPS) is 16.1. The fourth-order valence-corrected chi connectivity index (χ4v) is 5.76. The molecular formula is C21H28FN3O5S2. The number of carbonyl (C=O) groups excluding carboxylic acids is 2. The van der Waals surface area contributed by atoms with E-state index in [1.54, 1.807) is 15.5 Å². The average molecular weight is 486 g/mol. The van der Waals surface area contributed by atoms with Crippen molar-refractivity contribution in [2.24, 2.45) is 10.9 Å². The molecule has 1 aliphatic heterocycles. The van der Waals surface area contributed by atoms with Gasteiger partial charge in [-0.15, -0.1) is 0 Å². The quantitative estimate of drug-likeness (QED) is 0.533. The zero-order valence-electron chi connectivity index (χ0n) is 18.3.